The van der Waals surface area contributed by atoms with Crippen molar-refractivity contribution in [3.05, 3.63) is 29.8 Å². The molecule has 2 unspecified atom stereocenters. The number of thioether (sulfide) groups is 1. The highest BCUT2D eigenvalue weighted by Crippen LogP contribution is 2.19. The average molecular weight is 322 g/mol. The quantitative estimate of drug-likeness (QED) is 0.619. The van der Waals surface area contributed by atoms with Gasteiger partial charge in [-0.3, -0.25) is 0 Å². The normalized spacial score (nSPS) is 15.2. The standard InChI is InChI=1S/C13H20ClNO2S2/c1-10(8-14)9-19(16,17)15-11(2)12-4-6-13(18-3)7-5-12/h4-7,10-11,15H,8-9H2,1-3H3. The second-order valence-electron chi connectivity index (χ2n) is 4.65. The first-order chi connectivity index (χ1) is 8.88. The van der Waals surface area contributed by atoms with Crippen LogP contribution in [0.1, 0.15) is 25.5 Å². The first-order valence-electron chi connectivity index (χ1n) is 6.08. The van der Waals surface area contributed by atoms with Crippen molar-refractivity contribution in [1.82, 2.24) is 4.72 Å². The van der Waals surface area contributed by atoms with Gasteiger partial charge in [-0.15, -0.1) is 23.4 Å². The smallest absolute Gasteiger partial charge is 0.212 e. The number of rotatable bonds is 7. The first-order valence-corrected chi connectivity index (χ1v) is 9.49. The van der Waals surface area contributed by atoms with Gasteiger partial charge < -0.3 is 0 Å². The molecule has 1 rings (SSSR count). The maximum absolute atomic E-state index is 11.9. The van der Waals surface area contributed by atoms with Crippen molar-refractivity contribution < 1.29 is 8.42 Å². The molecule has 0 fully saturated rings. The minimum absolute atomic E-state index is 0.0507. The SMILES string of the molecule is CSc1ccc(C(C)NS(=O)(=O)CC(C)CCl)cc1. The van der Waals surface area contributed by atoms with Crippen LogP contribution in [-0.4, -0.2) is 26.3 Å². The summed E-state index contributed by atoms with van der Waals surface area (Å²) in [7, 11) is -3.30. The van der Waals surface area contributed by atoms with Gasteiger partial charge in [-0.2, -0.15) is 0 Å². The third-order valence-electron chi connectivity index (χ3n) is 2.74. The largest absolute Gasteiger partial charge is 0.212 e. The number of halogens is 1. The predicted molar refractivity (Wildman–Crippen MR) is 83.4 cm³/mol. The van der Waals surface area contributed by atoms with Crippen LogP contribution in [0.2, 0.25) is 0 Å². The summed E-state index contributed by atoms with van der Waals surface area (Å²) in [6, 6.07) is 7.65. The fourth-order valence-corrected chi connectivity index (χ4v) is 3.98. The lowest BCUT2D eigenvalue weighted by molar-refractivity contribution is 0.555. The van der Waals surface area contributed by atoms with Crippen molar-refractivity contribution in [3.63, 3.8) is 0 Å². The number of nitrogens with one attached hydrogen (secondary N) is 1. The van der Waals surface area contributed by atoms with Gasteiger partial charge in [-0.1, -0.05) is 19.1 Å². The zero-order valence-electron chi connectivity index (χ0n) is 11.4. The van der Waals surface area contributed by atoms with Crippen LogP contribution in [0.3, 0.4) is 0 Å². The van der Waals surface area contributed by atoms with Gasteiger partial charge in [0.1, 0.15) is 0 Å². The molecule has 0 radical (unpaired) electrons. The summed E-state index contributed by atoms with van der Waals surface area (Å²) >= 11 is 7.31. The van der Waals surface area contributed by atoms with Crippen LogP contribution < -0.4 is 4.72 Å². The molecule has 0 spiro atoms. The second-order valence-corrected chi connectivity index (χ2v) is 7.64. The van der Waals surface area contributed by atoms with Crippen LogP contribution in [0.4, 0.5) is 0 Å². The molecule has 6 heteroatoms. The molecular formula is C13H20ClNO2S2. The Hall–Kier alpha value is -0.230. The van der Waals surface area contributed by atoms with Gasteiger partial charge in [0.2, 0.25) is 10.0 Å². The molecule has 0 aliphatic rings. The van der Waals surface area contributed by atoms with Gasteiger partial charge in [0.15, 0.2) is 0 Å². The predicted octanol–water partition coefficient (Wildman–Crippen LogP) is 3.26. The number of hydrogen-bond acceptors (Lipinski definition) is 3. The van der Waals surface area contributed by atoms with Crippen LogP contribution in [-0.2, 0) is 10.0 Å². The summed E-state index contributed by atoms with van der Waals surface area (Å²) in [5, 5.41) is 0. The third kappa shape index (κ3) is 5.73. The van der Waals surface area contributed by atoms with Crippen molar-refractivity contribution in [3.8, 4) is 0 Å². The fraction of sp³-hybridized carbons (Fsp3) is 0.538. The summed E-state index contributed by atoms with van der Waals surface area (Å²) in [6.45, 7) is 3.67. The average Bonchev–Trinajstić information content (AvgIpc) is 2.37. The lowest BCUT2D eigenvalue weighted by Crippen LogP contribution is -2.31. The molecule has 0 bridgehead atoms. The summed E-state index contributed by atoms with van der Waals surface area (Å²) in [4.78, 5) is 1.16. The molecule has 0 saturated carbocycles. The van der Waals surface area contributed by atoms with E-state index in [1.807, 2.05) is 44.4 Å². The Labute approximate surface area is 125 Å². The van der Waals surface area contributed by atoms with E-state index < -0.39 is 10.0 Å². The Bertz CT molecular complexity index is 488. The summed E-state index contributed by atoms with van der Waals surface area (Å²) in [5.74, 6) is 0.354. The Kier molecular flexibility index (Phi) is 6.66. The minimum atomic E-state index is -3.30. The summed E-state index contributed by atoms with van der Waals surface area (Å²) < 4.78 is 26.5. The van der Waals surface area contributed by atoms with Crippen molar-refractivity contribution in [2.24, 2.45) is 5.92 Å². The van der Waals surface area contributed by atoms with E-state index in [1.165, 1.54) is 0 Å². The molecule has 0 aliphatic heterocycles. The number of alkyl halides is 1. The second kappa shape index (κ2) is 7.53. The highest BCUT2D eigenvalue weighted by atomic mass is 35.5. The van der Waals surface area contributed by atoms with Crippen LogP contribution >= 0.6 is 23.4 Å². The Morgan fingerprint density at radius 1 is 1.26 bits per heavy atom. The highest BCUT2D eigenvalue weighted by molar-refractivity contribution is 7.98. The van der Waals surface area contributed by atoms with E-state index in [9.17, 15) is 8.42 Å². The minimum Gasteiger partial charge on any atom is -0.212 e. The van der Waals surface area contributed by atoms with E-state index in [0.717, 1.165) is 10.5 Å². The lowest BCUT2D eigenvalue weighted by Gasteiger charge is -2.16. The van der Waals surface area contributed by atoms with E-state index >= 15 is 0 Å². The van der Waals surface area contributed by atoms with Crippen LogP contribution in [0.5, 0.6) is 0 Å². The molecule has 0 aromatic heterocycles. The lowest BCUT2D eigenvalue weighted by atomic mass is 10.1. The molecule has 0 aliphatic carbocycles. The van der Waals surface area contributed by atoms with Gasteiger partial charge in [0.05, 0.1) is 5.75 Å². The number of sulfonamides is 1. The van der Waals surface area contributed by atoms with E-state index in [4.69, 9.17) is 11.6 Å². The number of hydrogen-bond donors (Lipinski definition) is 1. The molecule has 2 atom stereocenters. The zero-order valence-corrected chi connectivity index (χ0v) is 13.8. The summed E-state index contributed by atoms with van der Waals surface area (Å²) in [6.07, 6.45) is 2.01. The van der Waals surface area contributed by atoms with Gasteiger partial charge in [0, 0.05) is 16.8 Å². The molecule has 3 nitrogen and oxygen atoms in total. The zero-order chi connectivity index (χ0) is 14.5. The van der Waals surface area contributed by atoms with Gasteiger partial charge in [0.25, 0.3) is 0 Å². The summed E-state index contributed by atoms with van der Waals surface area (Å²) in [5.41, 5.74) is 0.958. The highest BCUT2D eigenvalue weighted by Gasteiger charge is 2.18. The fourth-order valence-electron chi connectivity index (χ4n) is 1.70. The van der Waals surface area contributed by atoms with Gasteiger partial charge >= 0.3 is 0 Å². The Morgan fingerprint density at radius 3 is 2.32 bits per heavy atom. The maximum atomic E-state index is 11.9. The Morgan fingerprint density at radius 2 is 1.84 bits per heavy atom. The van der Waals surface area contributed by atoms with Crippen molar-refractivity contribution in [2.45, 2.75) is 24.8 Å². The molecule has 1 aromatic carbocycles. The maximum Gasteiger partial charge on any atom is 0.212 e. The van der Waals surface area contributed by atoms with E-state index in [2.05, 4.69) is 4.72 Å². The topological polar surface area (TPSA) is 46.2 Å². The van der Waals surface area contributed by atoms with E-state index in [0.29, 0.717) is 5.88 Å². The van der Waals surface area contributed by atoms with Gasteiger partial charge in [-0.05, 0) is 36.8 Å². The van der Waals surface area contributed by atoms with Crippen LogP contribution in [0.25, 0.3) is 0 Å². The van der Waals surface area contributed by atoms with E-state index in [1.54, 1.807) is 11.8 Å². The molecule has 0 heterocycles. The molecule has 0 amide bonds. The van der Waals surface area contributed by atoms with Crippen molar-refractivity contribution in [1.29, 1.82) is 0 Å². The van der Waals surface area contributed by atoms with E-state index in [-0.39, 0.29) is 17.7 Å². The molecule has 1 aromatic rings. The Balaban J connectivity index is 2.70. The third-order valence-corrected chi connectivity index (χ3v) is 5.73. The van der Waals surface area contributed by atoms with Crippen molar-refractivity contribution in [2.75, 3.05) is 17.9 Å². The van der Waals surface area contributed by atoms with Gasteiger partial charge in [-0.25, -0.2) is 13.1 Å². The molecule has 1 N–H and O–H groups in total. The number of benzene rings is 1. The molecule has 108 valence electrons. The van der Waals surface area contributed by atoms with Crippen LogP contribution in [0.15, 0.2) is 29.2 Å². The molecule has 19 heavy (non-hydrogen) atoms. The van der Waals surface area contributed by atoms with Crippen LogP contribution in [0, 0.1) is 5.92 Å². The first kappa shape index (κ1) is 16.8. The molecular weight excluding hydrogens is 302 g/mol. The van der Waals surface area contributed by atoms with Crippen molar-refractivity contribution >= 4 is 33.4 Å². The monoisotopic (exact) mass is 321 g/mol. The molecule has 0 saturated heterocycles.